The average Bonchev–Trinajstić information content (AvgIpc) is 3.09. The van der Waals surface area contributed by atoms with Gasteiger partial charge in [-0.1, -0.05) is 36.4 Å². The van der Waals surface area contributed by atoms with Gasteiger partial charge < -0.3 is 0 Å². The second-order valence-corrected chi connectivity index (χ2v) is 10.0. The number of aromatic nitrogens is 3. The highest BCUT2D eigenvalue weighted by molar-refractivity contribution is 5.86. The maximum Gasteiger partial charge on any atom is 0.0460 e. The first-order valence-electron chi connectivity index (χ1n) is 13.7. The maximum absolute atomic E-state index is 4.36. The van der Waals surface area contributed by atoms with Crippen LogP contribution in [-0.2, 0) is 0 Å². The fraction of sp³-hybridized carbons (Fsp3) is 0. The molecule has 42 heavy (non-hydrogen) atoms. The number of allylic oxidation sites excluding steroid dienone is 2. The average molecular weight is 537 g/mol. The van der Waals surface area contributed by atoms with Gasteiger partial charge in [-0.2, -0.15) is 0 Å². The van der Waals surface area contributed by atoms with E-state index < -0.39 is 0 Å². The van der Waals surface area contributed by atoms with Crippen molar-refractivity contribution in [3.63, 3.8) is 0 Å². The highest BCUT2D eigenvalue weighted by Gasteiger charge is 2.12. The summed E-state index contributed by atoms with van der Waals surface area (Å²) in [7, 11) is 0. The lowest BCUT2D eigenvalue weighted by Gasteiger charge is -2.14. The Morgan fingerprint density at radius 2 is 0.810 bits per heavy atom. The van der Waals surface area contributed by atoms with Crippen LogP contribution in [0.15, 0.2) is 157 Å². The summed E-state index contributed by atoms with van der Waals surface area (Å²) in [6.45, 7) is 0. The van der Waals surface area contributed by atoms with Crippen LogP contribution in [0.3, 0.4) is 0 Å². The molecule has 0 unspecified atom stereocenters. The standard InChI is InChI=1S/C38H24N4/c1-6-27(33-17-35(29-8-2-12-39-23-29)21-36(18-33)30-9-3-13-40-24-30)16-28(7-1)34-19-37(31-10-4-14-41-25-31)22-38(20-34)32-11-5-15-42-26-32/h1-4,6-14,16-26H. The number of hydrogen-bond acceptors (Lipinski definition) is 4. The van der Waals surface area contributed by atoms with E-state index in [0.717, 1.165) is 66.8 Å². The monoisotopic (exact) mass is 536 g/mol. The fourth-order valence-electron chi connectivity index (χ4n) is 5.18. The van der Waals surface area contributed by atoms with Gasteiger partial charge in [0, 0.05) is 71.5 Å². The van der Waals surface area contributed by atoms with Crippen LogP contribution in [0.5, 0.6) is 0 Å². The Labute approximate surface area is 244 Å². The molecule has 4 heterocycles. The molecule has 3 aromatic carbocycles. The lowest BCUT2D eigenvalue weighted by atomic mass is 9.91. The van der Waals surface area contributed by atoms with E-state index in [9.17, 15) is 0 Å². The van der Waals surface area contributed by atoms with Crippen LogP contribution < -0.4 is 0 Å². The minimum Gasteiger partial charge on any atom is -0.264 e. The van der Waals surface area contributed by atoms with Crippen LogP contribution >= 0.6 is 0 Å². The summed E-state index contributed by atoms with van der Waals surface area (Å²) in [4.78, 5) is 17.3. The van der Waals surface area contributed by atoms with E-state index in [1.807, 2.05) is 49.1 Å². The molecule has 0 spiro atoms. The van der Waals surface area contributed by atoms with E-state index in [-0.39, 0.29) is 0 Å². The van der Waals surface area contributed by atoms with Crippen molar-refractivity contribution < 1.29 is 0 Å². The zero-order chi connectivity index (χ0) is 28.1. The van der Waals surface area contributed by atoms with Crippen LogP contribution in [0.25, 0.3) is 61.2 Å². The van der Waals surface area contributed by atoms with E-state index in [0.29, 0.717) is 0 Å². The van der Waals surface area contributed by atoms with Crippen molar-refractivity contribution in [1.82, 2.24) is 15.0 Å². The molecule has 0 saturated carbocycles. The predicted octanol–water partition coefficient (Wildman–Crippen LogP) is 8.94. The Hall–Kier alpha value is -5.92. The molecule has 0 N–H and O–H groups in total. The van der Waals surface area contributed by atoms with E-state index >= 15 is 0 Å². The summed E-state index contributed by atoms with van der Waals surface area (Å²) in [6.07, 6.45) is 14.8. The summed E-state index contributed by atoms with van der Waals surface area (Å²) in [5.41, 5.74) is 16.0. The van der Waals surface area contributed by atoms with Gasteiger partial charge in [-0.25, -0.2) is 4.99 Å². The molecule has 3 aromatic heterocycles. The summed E-state index contributed by atoms with van der Waals surface area (Å²) in [5, 5.41) is 0. The van der Waals surface area contributed by atoms with Crippen LogP contribution in [-0.4, -0.2) is 20.8 Å². The van der Waals surface area contributed by atoms with Crippen molar-refractivity contribution in [3.8, 4) is 55.6 Å². The molecule has 0 radical (unpaired) electrons. The molecule has 0 amide bonds. The first-order valence-corrected chi connectivity index (χ1v) is 13.7. The highest BCUT2D eigenvalue weighted by atomic mass is 14.7. The Balaban J connectivity index is 1.36. The van der Waals surface area contributed by atoms with E-state index in [1.165, 1.54) is 0 Å². The summed E-state index contributed by atoms with van der Waals surface area (Å²) < 4.78 is 0. The van der Waals surface area contributed by atoms with Crippen LogP contribution in [0.4, 0.5) is 0 Å². The lowest BCUT2D eigenvalue weighted by Crippen LogP contribution is -1.90. The van der Waals surface area contributed by atoms with Crippen LogP contribution in [0, 0.1) is 0 Å². The molecule has 7 rings (SSSR count). The lowest BCUT2D eigenvalue weighted by molar-refractivity contribution is 1.32. The Bertz CT molecular complexity index is 1970. The van der Waals surface area contributed by atoms with E-state index in [1.54, 1.807) is 18.6 Å². The van der Waals surface area contributed by atoms with E-state index in [2.05, 4.69) is 110 Å². The van der Waals surface area contributed by atoms with Gasteiger partial charge in [0.2, 0.25) is 0 Å². The second kappa shape index (κ2) is 11.3. The van der Waals surface area contributed by atoms with Gasteiger partial charge in [-0.15, -0.1) is 0 Å². The summed E-state index contributed by atoms with van der Waals surface area (Å²) in [6, 6.07) is 34.1. The molecule has 1 aliphatic rings. The maximum atomic E-state index is 4.36. The Morgan fingerprint density at radius 3 is 1.21 bits per heavy atom. The molecule has 4 heteroatoms. The molecule has 4 nitrogen and oxygen atoms in total. The summed E-state index contributed by atoms with van der Waals surface area (Å²) >= 11 is 0. The normalized spacial score (nSPS) is 11.9. The van der Waals surface area contributed by atoms with Gasteiger partial charge >= 0.3 is 0 Å². The van der Waals surface area contributed by atoms with Gasteiger partial charge in [-0.05, 0) is 117 Å². The molecule has 196 valence electrons. The second-order valence-electron chi connectivity index (χ2n) is 10.0. The van der Waals surface area contributed by atoms with Gasteiger partial charge in [0.15, 0.2) is 0 Å². The Morgan fingerprint density at radius 1 is 0.405 bits per heavy atom. The summed E-state index contributed by atoms with van der Waals surface area (Å²) in [5.74, 6) is 2.76. The smallest absolute Gasteiger partial charge is 0.0460 e. The van der Waals surface area contributed by atoms with Crippen molar-refractivity contribution in [3.05, 3.63) is 158 Å². The van der Waals surface area contributed by atoms with Crippen molar-refractivity contribution in [2.24, 2.45) is 4.99 Å². The number of rotatable bonds is 6. The van der Waals surface area contributed by atoms with Crippen molar-refractivity contribution in [1.29, 1.82) is 0 Å². The molecule has 0 bridgehead atoms. The highest BCUT2D eigenvalue weighted by Crippen LogP contribution is 2.36. The van der Waals surface area contributed by atoms with Gasteiger partial charge in [-0.3, -0.25) is 15.0 Å². The molecule has 1 aliphatic heterocycles. The number of hydrogen-bond donors (Lipinski definition) is 0. The predicted molar refractivity (Wildman–Crippen MR) is 171 cm³/mol. The van der Waals surface area contributed by atoms with E-state index in [4.69, 9.17) is 0 Å². The van der Waals surface area contributed by atoms with Gasteiger partial charge in [0.05, 0.1) is 0 Å². The molecule has 6 aromatic rings. The Kier molecular flexibility index (Phi) is 6.74. The number of benzene rings is 3. The molecule has 0 saturated heterocycles. The minimum atomic E-state index is 0.988. The van der Waals surface area contributed by atoms with Crippen molar-refractivity contribution in [2.75, 3.05) is 0 Å². The number of pyridine rings is 3. The van der Waals surface area contributed by atoms with Gasteiger partial charge in [0.1, 0.15) is 0 Å². The fourth-order valence-corrected chi connectivity index (χ4v) is 5.18. The molecule has 0 atom stereocenters. The third-order valence-corrected chi connectivity index (χ3v) is 7.27. The molecular weight excluding hydrogens is 512 g/mol. The minimum absolute atomic E-state index is 0.988. The molecule has 0 fully saturated rings. The zero-order valence-electron chi connectivity index (χ0n) is 22.6. The quantitative estimate of drug-likeness (QED) is 0.200. The van der Waals surface area contributed by atoms with Crippen LogP contribution in [0.1, 0.15) is 5.56 Å². The molecule has 0 aliphatic carbocycles. The number of aliphatic imine (C=N–C) groups is 1. The van der Waals surface area contributed by atoms with Crippen LogP contribution in [0.2, 0.25) is 0 Å². The topological polar surface area (TPSA) is 51.0 Å². The first-order chi connectivity index (χ1) is 20.8. The SMILES string of the molecule is C1=C=NC=C(c2cc(-c3cccnc3)cc(-c3cccc(-c4cc(-c5cccnc5)cc(-c5cccnc5)c4)c3)c2)C=1. The van der Waals surface area contributed by atoms with Gasteiger partial charge in [0.25, 0.3) is 0 Å². The third kappa shape index (κ3) is 5.28. The third-order valence-electron chi connectivity index (χ3n) is 7.27. The first kappa shape index (κ1) is 25.1. The van der Waals surface area contributed by atoms with Crippen molar-refractivity contribution >= 4 is 11.4 Å². The largest absolute Gasteiger partial charge is 0.264 e. The zero-order valence-corrected chi connectivity index (χ0v) is 22.6. The van der Waals surface area contributed by atoms with Crippen molar-refractivity contribution in [2.45, 2.75) is 0 Å². The number of nitrogens with zero attached hydrogens (tertiary/aromatic N) is 4. The molecular formula is C38H24N4.